The minimum Gasteiger partial charge on any atom is -0.497 e. The number of carbonyl (C=O) groups excluding carboxylic acids is 2. The zero-order valence-corrected chi connectivity index (χ0v) is 16.8. The predicted octanol–water partition coefficient (Wildman–Crippen LogP) is 1.43. The van der Waals surface area contributed by atoms with E-state index in [1.54, 1.807) is 7.11 Å². The Morgan fingerprint density at radius 2 is 1.81 bits per heavy atom. The van der Waals surface area contributed by atoms with Gasteiger partial charge < -0.3 is 24.9 Å². The zero-order valence-electron chi connectivity index (χ0n) is 16.8. The number of carboxylic acid groups (broad SMARTS) is 2. The van der Waals surface area contributed by atoms with Gasteiger partial charge in [-0.15, -0.1) is 0 Å². The van der Waals surface area contributed by atoms with Gasteiger partial charge in [0.05, 0.1) is 20.0 Å². The number of ether oxygens (including phenoxy) is 1. The molecule has 0 radical (unpaired) electrons. The van der Waals surface area contributed by atoms with Gasteiger partial charge in [-0.3, -0.25) is 9.59 Å². The van der Waals surface area contributed by atoms with Crippen LogP contribution in [0.25, 0.3) is 10.8 Å². The van der Waals surface area contributed by atoms with E-state index in [-0.39, 0.29) is 6.42 Å². The molecule has 0 saturated heterocycles. The standard InChI is InChI=1S/C21H23NO9/c1-30-15-9-8-14-5-2-4-13(16(14)10-15)6-3-7-17(23)22-31-19(26)12-21(29,20(27)28)11-18(24)25/h2,4-5,8-10,29H,3,6-7,11-12H2,1H3,(H,22,23)(H,24,25)(H,27,28). The summed E-state index contributed by atoms with van der Waals surface area (Å²) in [7, 11) is 1.58. The quantitative estimate of drug-likeness (QED) is 0.406. The third-order valence-corrected chi connectivity index (χ3v) is 4.59. The number of fused-ring (bicyclic) bond motifs is 1. The van der Waals surface area contributed by atoms with Crippen molar-refractivity contribution < 1.29 is 44.1 Å². The Kier molecular flexibility index (Phi) is 7.92. The lowest BCUT2D eigenvalue weighted by molar-refractivity contribution is -0.175. The number of hydrogen-bond donors (Lipinski definition) is 4. The van der Waals surface area contributed by atoms with Gasteiger partial charge in [0.1, 0.15) is 5.75 Å². The smallest absolute Gasteiger partial charge is 0.336 e. The minimum atomic E-state index is -2.83. The van der Waals surface area contributed by atoms with Crippen molar-refractivity contribution in [3.8, 4) is 5.75 Å². The molecule has 2 aromatic carbocycles. The number of hydrogen-bond acceptors (Lipinski definition) is 7. The van der Waals surface area contributed by atoms with E-state index in [2.05, 4.69) is 4.84 Å². The summed E-state index contributed by atoms with van der Waals surface area (Å²) in [5.74, 6) is -4.67. The molecule has 166 valence electrons. The highest BCUT2D eigenvalue weighted by molar-refractivity contribution is 5.89. The molecule has 2 aromatic rings. The number of aryl methyl sites for hydroxylation is 1. The third-order valence-electron chi connectivity index (χ3n) is 4.59. The second-order valence-corrected chi connectivity index (χ2v) is 6.94. The molecule has 0 spiro atoms. The molecule has 1 unspecified atom stereocenters. The van der Waals surface area contributed by atoms with Gasteiger partial charge in [-0.25, -0.2) is 9.59 Å². The highest BCUT2D eigenvalue weighted by Gasteiger charge is 2.41. The molecule has 1 atom stereocenters. The number of hydroxylamine groups is 1. The van der Waals surface area contributed by atoms with Gasteiger partial charge in [0.25, 0.3) is 5.91 Å². The highest BCUT2D eigenvalue weighted by atomic mass is 16.7. The Morgan fingerprint density at radius 1 is 1.06 bits per heavy atom. The Bertz CT molecular complexity index is 988. The van der Waals surface area contributed by atoms with Crippen LogP contribution in [0.2, 0.25) is 0 Å². The second-order valence-electron chi connectivity index (χ2n) is 6.94. The first kappa shape index (κ1) is 23.6. The van der Waals surface area contributed by atoms with E-state index < -0.39 is 42.3 Å². The van der Waals surface area contributed by atoms with E-state index in [4.69, 9.17) is 14.9 Å². The monoisotopic (exact) mass is 433 g/mol. The largest absolute Gasteiger partial charge is 0.497 e. The molecule has 0 saturated carbocycles. The molecule has 0 aliphatic rings. The van der Waals surface area contributed by atoms with Crippen LogP contribution in [-0.2, 0) is 30.4 Å². The summed E-state index contributed by atoms with van der Waals surface area (Å²) in [6, 6.07) is 11.5. The highest BCUT2D eigenvalue weighted by Crippen LogP contribution is 2.25. The minimum absolute atomic E-state index is 0.0198. The average Bonchev–Trinajstić information content (AvgIpc) is 2.71. The van der Waals surface area contributed by atoms with Gasteiger partial charge in [0.15, 0.2) is 5.60 Å². The Labute approximate surface area is 177 Å². The molecule has 2 rings (SSSR count). The Balaban J connectivity index is 1.85. The zero-order chi connectivity index (χ0) is 23.0. The summed E-state index contributed by atoms with van der Waals surface area (Å²) in [6.45, 7) is 0. The van der Waals surface area contributed by atoms with Gasteiger partial charge in [0, 0.05) is 6.42 Å². The maximum Gasteiger partial charge on any atom is 0.336 e. The van der Waals surface area contributed by atoms with Gasteiger partial charge >= 0.3 is 17.9 Å². The third kappa shape index (κ3) is 6.68. The van der Waals surface area contributed by atoms with Crippen molar-refractivity contribution in [2.75, 3.05) is 7.11 Å². The molecular formula is C21H23NO9. The van der Waals surface area contributed by atoms with Gasteiger partial charge in [-0.1, -0.05) is 24.3 Å². The van der Waals surface area contributed by atoms with Crippen molar-refractivity contribution in [3.05, 3.63) is 42.0 Å². The molecule has 4 N–H and O–H groups in total. The van der Waals surface area contributed by atoms with Crippen molar-refractivity contribution >= 4 is 34.6 Å². The van der Waals surface area contributed by atoms with Crippen LogP contribution in [0.5, 0.6) is 5.75 Å². The van der Waals surface area contributed by atoms with Crippen molar-refractivity contribution in [3.63, 3.8) is 0 Å². The van der Waals surface area contributed by atoms with E-state index in [0.717, 1.165) is 16.3 Å². The summed E-state index contributed by atoms with van der Waals surface area (Å²) < 4.78 is 5.25. The van der Waals surface area contributed by atoms with E-state index >= 15 is 0 Å². The fourth-order valence-electron chi connectivity index (χ4n) is 3.00. The molecule has 0 aliphatic heterocycles. The Morgan fingerprint density at radius 3 is 2.45 bits per heavy atom. The fourth-order valence-corrected chi connectivity index (χ4v) is 3.00. The fraction of sp³-hybridized carbons (Fsp3) is 0.333. The molecule has 0 heterocycles. The van der Waals surface area contributed by atoms with E-state index in [9.17, 15) is 24.3 Å². The molecule has 10 nitrogen and oxygen atoms in total. The number of carbonyl (C=O) groups is 4. The second kappa shape index (κ2) is 10.4. The molecule has 0 fully saturated rings. The van der Waals surface area contributed by atoms with Crippen LogP contribution in [0, 0.1) is 0 Å². The van der Waals surface area contributed by atoms with E-state index in [0.29, 0.717) is 18.6 Å². The van der Waals surface area contributed by atoms with Crippen molar-refractivity contribution in [2.45, 2.75) is 37.7 Å². The van der Waals surface area contributed by atoms with Crippen LogP contribution in [0.3, 0.4) is 0 Å². The van der Waals surface area contributed by atoms with Crippen LogP contribution in [0.15, 0.2) is 36.4 Å². The normalized spacial score (nSPS) is 12.6. The average molecular weight is 433 g/mol. The molecule has 0 aliphatic carbocycles. The summed E-state index contributed by atoms with van der Waals surface area (Å²) >= 11 is 0. The van der Waals surface area contributed by atoms with Crippen molar-refractivity contribution in [1.29, 1.82) is 0 Å². The Hall–Kier alpha value is -3.66. The maximum atomic E-state index is 11.9. The van der Waals surface area contributed by atoms with Gasteiger partial charge in [0.2, 0.25) is 0 Å². The maximum absolute atomic E-state index is 11.9. The van der Waals surface area contributed by atoms with Crippen LogP contribution in [0.1, 0.15) is 31.2 Å². The summed E-state index contributed by atoms with van der Waals surface area (Å²) in [5.41, 5.74) is 0.0639. The number of aliphatic carboxylic acids is 2. The number of methoxy groups -OCH3 is 1. The van der Waals surface area contributed by atoms with Crippen LogP contribution in [0.4, 0.5) is 0 Å². The number of benzene rings is 2. The number of nitrogens with one attached hydrogen (secondary N) is 1. The lowest BCUT2D eigenvalue weighted by atomic mass is 9.96. The first-order chi connectivity index (χ1) is 14.6. The lowest BCUT2D eigenvalue weighted by Gasteiger charge is -2.19. The van der Waals surface area contributed by atoms with E-state index in [1.165, 1.54) is 0 Å². The first-order valence-corrected chi connectivity index (χ1v) is 9.36. The van der Waals surface area contributed by atoms with Crippen molar-refractivity contribution in [2.24, 2.45) is 0 Å². The number of rotatable bonds is 10. The summed E-state index contributed by atoms with van der Waals surface area (Å²) in [5, 5.41) is 29.4. The SMILES string of the molecule is COc1ccc2cccc(CCCC(=O)NOC(=O)CC(O)(CC(=O)O)C(=O)O)c2c1. The van der Waals surface area contributed by atoms with E-state index in [1.807, 2.05) is 41.9 Å². The van der Waals surface area contributed by atoms with Gasteiger partial charge in [-0.2, -0.15) is 5.48 Å². The van der Waals surface area contributed by atoms with Crippen LogP contribution >= 0.6 is 0 Å². The number of carboxylic acids is 2. The van der Waals surface area contributed by atoms with Crippen LogP contribution in [-0.4, -0.2) is 51.8 Å². The van der Waals surface area contributed by atoms with Crippen LogP contribution < -0.4 is 10.2 Å². The first-order valence-electron chi connectivity index (χ1n) is 9.36. The van der Waals surface area contributed by atoms with Crippen molar-refractivity contribution in [1.82, 2.24) is 5.48 Å². The predicted molar refractivity (Wildman–Crippen MR) is 107 cm³/mol. The molecule has 1 amide bonds. The topological polar surface area (TPSA) is 159 Å². The number of aliphatic hydroxyl groups is 1. The summed E-state index contributed by atoms with van der Waals surface area (Å²) in [6.07, 6.45) is -1.29. The molecule has 0 aromatic heterocycles. The number of amides is 1. The lowest BCUT2D eigenvalue weighted by Crippen LogP contribution is -2.44. The molecule has 0 bridgehead atoms. The summed E-state index contributed by atoms with van der Waals surface area (Å²) in [4.78, 5) is 49.7. The molecular weight excluding hydrogens is 410 g/mol. The van der Waals surface area contributed by atoms with Gasteiger partial charge in [-0.05, 0) is 41.3 Å². The molecule has 31 heavy (non-hydrogen) atoms. The molecule has 10 heteroatoms.